The summed E-state index contributed by atoms with van der Waals surface area (Å²) in [4.78, 5) is 14.4. The number of carbonyl (C=O) groups is 1. The molecular formula is C14H27N3O. The molecule has 0 aromatic rings. The molecule has 2 heterocycles. The van der Waals surface area contributed by atoms with Gasteiger partial charge in [-0.25, -0.2) is 0 Å². The maximum Gasteiger partial charge on any atom is 0.223 e. The van der Waals surface area contributed by atoms with E-state index in [1.807, 2.05) is 0 Å². The van der Waals surface area contributed by atoms with Gasteiger partial charge in [-0.1, -0.05) is 6.92 Å². The molecule has 3 atom stereocenters. The fraction of sp³-hybridized carbons (Fsp3) is 0.929. The minimum absolute atomic E-state index is 0.349. The fourth-order valence-electron chi connectivity index (χ4n) is 3.14. The van der Waals surface area contributed by atoms with E-state index in [1.54, 1.807) is 0 Å². The van der Waals surface area contributed by atoms with Crippen LogP contribution >= 0.6 is 0 Å². The Morgan fingerprint density at radius 3 is 2.78 bits per heavy atom. The van der Waals surface area contributed by atoms with Gasteiger partial charge in [0.25, 0.3) is 0 Å². The summed E-state index contributed by atoms with van der Waals surface area (Å²) in [6, 6.07) is 0.350. The Morgan fingerprint density at radius 2 is 2.11 bits per heavy atom. The minimum Gasteiger partial charge on any atom is -0.337 e. The topological polar surface area (TPSA) is 44.4 Å². The summed E-state index contributed by atoms with van der Waals surface area (Å²) in [5, 5.41) is 6.77. The van der Waals surface area contributed by atoms with Gasteiger partial charge in [0.05, 0.1) is 0 Å². The quantitative estimate of drug-likeness (QED) is 0.783. The van der Waals surface area contributed by atoms with Gasteiger partial charge in [-0.15, -0.1) is 0 Å². The Labute approximate surface area is 110 Å². The number of piperidine rings is 1. The third-order valence-electron chi connectivity index (χ3n) is 4.46. The molecule has 0 aromatic carbocycles. The number of piperazine rings is 1. The van der Waals surface area contributed by atoms with Gasteiger partial charge in [0, 0.05) is 32.1 Å². The maximum absolute atomic E-state index is 12.3. The zero-order chi connectivity index (χ0) is 13.0. The van der Waals surface area contributed by atoms with E-state index in [2.05, 4.69) is 29.4 Å². The Balaban J connectivity index is 1.81. The molecule has 4 heteroatoms. The second kappa shape index (κ2) is 6.53. The van der Waals surface area contributed by atoms with Gasteiger partial charge in [-0.05, 0) is 44.7 Å². The highest BCUT2D eigenvalue weighted by Gasteiger charge is 2.27. The van der Waals surface area contributed by atoms with Crippen molar-refractivity contribution < 1.29 is 4.79 Å². The van der Waals surface area contributed by atoms with Crippen LogP contribution in [0.2, 0.25) is 0 Å². The van der Waals surface area contributed by atoms with Crippen molar-refractivity contribution in [2.75, 3.05) is 32.7 Å². The SMILES string of the molecule is CC(CC(=O)N1CCNCC1C)C1CCCNC1. The monoisotopic (exact) mass is 253 g/mol. The lowest BCUT2D eigenvalue weighted by Gasteiger charge is -2.36. The Kier molecular flexibility index (Phi) is 5.01. The number of carbonyl (C=O) groups excluding carboxylic acids is 1. The lowest BCUT2D eigenvalue weighted by atomic mass is 9.85. The molecule has 0 aliphatic carbocycles. The molecule has 2 aliphatic heterocycles. The first-order chi connectivity index (χ1) is 8.68. The number of amides is 1. The predicted molar refractivity (Wildman–Crippen MR) is 73.4 cm³/mol. The van der Waals surface area contributed by atoms with Crippen molar-refractivity contribution in [1.82, 2.24) is 15.5 Å². The largest absolute Gasteiger partial charge is 0.337 e. The van der Waals surface area contributed by atoms with Crippen molar-refractivity contribution in [3.8, 4) is 0 Å². The summed E-state index contributed by atoms with van der Waals surface area (Å²) >= 11 is 0. The van der Waals surface area contributed by atoms with Gasteiger partial charge in [-0.2, -0.15) is 0 Å². The molecule has 18 heavy (non-hydrogen) atoms. The Hall–Kier alpha value is -0.610. The third kappa shape index (κ3) is 3.45. The standard InChI is InChI=1S/C14H27N3O/c1-11(13-4-3-5-15-10-13)8-14(18)17-7-6-16-9-12(17)2/h11-13,15-16H,3-10H2,1-2H3. The second-order valence-electron chi connectivity index (χ2n) is 5.93. The first kappa shape index (κ1) is 13.8. The highest BCUT2D eigenvalue weighted by atomic mass is 16.2. The van der Waals surface area contributed by atoms with Crippen LogP contribution in [0.1, 0.15) is 33.1 Å². The molecule has 1 amide bonds. The molecule has 2 aliphatic rings. The zero-order valence-electron chi connectivity index (χ0n) is 11.7. The van der Waals surface area contributed by atoms with Crippen LogP contribution in [-0.4, -0.2) is 49.6 Å². The summed E-state index contributed by atoms with van der Waals surface area (Å²) in [6.45, 7) is 9.35. The maximum atomic E-state index is 12.3. The second-order valence-corrected chi connectivity index (χ2v) is 5.93. The molecule has 3 unspecified atom stereocenters. The predicted octanol–water partition coefficient (Wildman–Crippen LogP) is 0.833. The summed E-state index contributed by atoms with van der Waals surface area (Å²) in [5.41, 5.74) is 0. The number of hydrogen-bond acceptors (Lipinski definition) is 3. The first-order valence-corrected chi connectivity index (χ1v) is 7.39. The Bertz CT molecular complexity index is 276. The van der Waals surface area contributed by atoms with Gasteiger partial charge >= 0.3 is 0 Å². The van der Waals surface area contributed by atoms with E-state index < -0.39 is 0 Å². The molecule has 2 saturated heterocycles. The number of nitrogens with one attached hydrogen (secondary N) is 2. The van der Waals surface area contributed by atoms with E-state index in [9.17, 15) is 4.79 Å². The molecule has 0 saturated carbocycles. The Morgan fingerprint density at radius 1 is 1.33 bits per heavy atom. The smallest absolute Gasteiger partial charge is 0.223 e. The highest BCUT2D eigenvalue weighted by Crippen LogP contribution is 2.23. The fourth-order valence-corrected chi connectivity index (χ4v) is 3.14. The molecule has 2 N–H and O–H groups in total. The summed E-state index contributed by atoms with van der Waals surface area (Å²) < 4.78 is 0. The molecule has 4 nitrogen and oxygen atoms in total. The molecule has 104 valence electrons. The number of nitrogens with zero attached hydrogens (tertiary/aromatic N) is 1. The van der Waals surface area contributed by atoms with Crippen LogP contribution in [0, 0.1) is 11.8 Å². The molecule has 0 spiro atoms. The highest BCUT2D eigenvalue weighted by molar-refractivity contribution is 5.77. The molecule has 0 aromatic heterocycles. The van der Waals surface area contributed by atoms with Crippen molar-refractivity contribution in [2.45, 2.75) is 39.2 Å². The van der Waals surface area contributed by atoms with E-state index in [0.717, 1.165) is 39.1 Å². The van der Waals surface area contributed by atoms with E-state index in [4.69, 9.17) is 0 Å². The molecule has 0 bridgehead atoms. The van der Waals surface area contributed by atoms with Gasteiger partial charge < -0.3 is 15.5 Å². The van der Waals surface area contributed by atoms with E-state index in [0.29, 0.717) is 23.8 Å². The molecule has 0 radical (unpaired) electrons. The van der Waals surface area contributed by atoms with Crippen molar-refractivity contribution in [2.24, 2.45) is 11.8 Å². The molecule has 2 fully saturated rings. The van der Waals surface area contributed by atoms with Crippen molar-refractivity contribution in [3.05, 3.63) is 0 Å². The number of rotatable bonds is 3. The zero-order valence-corrected chi connectivity index (χ0v) is 11.7. The van der Waals surface area contributed by atoms with Crippen LogP contribution in [-0.2, 0) is 4.79 Å². The third-order valence-corrected chi connectivity index (χ3v) is 4.46. The summed E-state index contributed by atoms with van der Waals surface area (Å²) in [7, 11) is 0. The van der Waals surface area contributed by atoms with Crippen LogP contribution in [0.4, 0.5) is 0 Å². The summed E-state index contributed by atoms with van der Waals surface area (Å²) in [5.74, 6) is 1.54. The normalized spacial score (nSPS) is 31.1. The van der Waals surface area contributed by atoms with Crippen molar-refractivity contribution >= 4 is 5.91 Å². The van der Waals surface area contributed by atoms with E-state index >= 15 is 0 Å². The molecular weight excluding hydrogens is 226 g/mol. The molecule has 2 rings (SSSR count). The number of hydrogen-bond donors (Lipinski definition) is 2. The van der Waals surface area contributed by atoms with Crippen molar-refractivity contribution in [3.63, 3.8) is 0 Å². The van der Waals surface area contributed by atoms with Crippen LogP contribution in [0.25, 0.3) is 0 Å². The van der Waals surface area contributed by atoms with Crippen LogP contribution in [0.5, 0.6) is 0 Å². The van der Waals surface area contributed by atoms with Gasteiger partial charge in [0.15, 0.2) is 0 Å². The average molecular weight is 253 g/mol. The lowest BCUT2D eigenvalue weighted by Crippen LogP contribution is -2.52. The van der Waals surface area contributed by atoms with Gasteiger partial charge in [-0.3, -0.25) is 4.79 Å². The van der Waals surface area contributed by atoms with Gasteiger partial charge in [0.2, 0.25) is 5.91 Å². The van der Waals surface area contributed by atoms with Gasteiger partial charge in [0.1, 0.15) is 0 Å². The van der Waals surface area contributed by atoms with Crippen LogP contribution in [0.15, 0.2) is 0 Å². The van der Waals surface area contributed by atoms with Crippen LogP contribution in [0.3, 0.4) is 0 Å². The lowest BCUT2D eigenvalue weighted by molar-refractivity contribution is -0.135. The van der Waals surface area contributed by atoms with E-state index in [1.165, 1.54) is 12.8 Å². The summed E-state index contributed by atoms with van der Waals surface area (Å²) in [6.07, 6.45) is 3.25. The van der Waals surface area contributed by atoms with Crippen LogP contribution < -0.4 is 10.6 Å². The van der Waals surface area contributed by atoms with E-state index in [-0.39, 0.29) is 0 Å². The minimum atomic E-state index is 0.349. The average Bonchev–Trinajstić information content (AvgIpc) is 2.40. The first-order valence-electron chi connectivity index (χ1n) is 7.39. The van der Waals surface area contributed by atoms with Crippen molar-refractivity contribution in [1.29, 1.82) is 0 Å².